The molecule has 1 atom stereocenters. The Morgan fingerprint density at radius 1 is 1.10 bits per heavy atom. The van der Waals surface area contributed by atoms with E-state index < -0.39 is 18.1 Å². The standard InChI is InChI=1S/C30H35N5O4S.HI/c1-4-38-29(36)26(19-22-10-6-5-7-11-22)33-30(37)39-20-35(3)16-14-34(15-17-35)27-23-18-21(2)40-28(23)32-25-13-9-8-12-24(25)31-27;/h5-13,18,26H,4,14-17,19-20H2,1-3H3,(H-,31,32,33,37);1H/t26-;/m0./s1. The third kappa shape index (κ3) is 7.57. The Morgan fingerprint density at radius 3 is 2.54 bits per heavy atom. The maximum Gasteiger partial charge on any atom is 0.412 e. The third-order valence-electron chi connectivity index (χ3n) is 7.25. The van der Waals surface area contributed by atoms with Gasteiger partial charge in [0.05, 0.1) is 56.8 Å². The number of thiophene rings is 1. The number of halogens is 1. The summed E-state index contributed by atoms with van der Waals surface area (Å²) in [4.78, 5) is 33.9. The van der Waals surface area contributed by atoms with Crippen molar-refractivity contribution < 1.29 is 47.5 Å². The average molecular weight is 690 g/mol. The van der Waals surface area contributed by atoms with Crippen molar-refractivity contribution in [2.45, 2.75) is 26.3 Å². The minimum Gasteiger partial charge on any atom is -1.00 e. The van der Waals surface area contributed by atoms with Crippen LogP contribution < -0.4 is 34.6 Å². The van der Waals surface area contributed by atoms with Gasteiger partial charge in [0.1, 0.15) is 16.9 Å². The Balaban J connectivity index is 0.00000387. The molecule has 1 saturated heterocycles. The van der Waals surface area contributed by atoms with Crippen LogP contribution in [0.2, 0.25) is 0 Å². The molecule has 0 aliphatic carbocycles. The zero-order valence-electron chi connectivity index (χ0n) is 23.6. The van der Waals surface area contributed by atoms with Crippen LogP contribution in [0, 0.1) is 6.92 Å². The summed E-state index contributed by atoms with van der Waals surface area (Å²) in [6, 6.07) is 19.0. The van der Waals surface area contributed by atoms with Crippen molar-refractivity contribution in [1.29, 1.82) is 0 Å². The van der Waals surface area contributed by atoms with Gasteiger partial charge in [-0.3, -0.25) is 4.48 Å². The van der Waals surface area contributed by atoms with Crippen LogP contribution in [0.15, 0.2) is 65.7 Å². The number of aliphatic imine (C=N–C) groups is 1. The molecular weight excluding hydrogens is 653 g/mol. The molecule has 0 saturated carbocycles. The van der Waals surface area contributed by atoms with E-state index in [1.165, 1.54) is 4.88 Å². The Morgan fingerprint density at radius 2 is 1.80 bits per heavy atom. The van der Waals surface area contributed by atoms with Gasteiger partial charge in [0.15, 0.2) is 0 Å². The first kappa shape index (κ1) is 30.8. The average Bonchev–Trinajstić information content (AvgIpc) is 3.24. The molecule has 9 nitrogen and oxygen atoms in total. The number of aryl methyl sites for hydroxylation is 1. The van der Waals surface area contributed by atoms with Crippen LogP contribution in [-0.2, 0) is 20.7 Å². The second-order valence-corrected chi connectivity index (χ2v) is 11.7. The van der Waals surface area contributed by atoms with Gasteiger partial charge in [-0.05, 0) is 37.6 Å². The molecule has 3 heterocycles. The highest BCUT2D eigenvalue weighted by molar-refractivity contribution is 7.16. The molecule has 0 unspecified atom stereocenters. The molecule has 2 aliphatic rings. The number of quaternary nitrogens is 1. The van der Waals surface area contributed by atoms with Gasteiger partial charge in [-0.25, -0.2) is 14.6 Å². The fourth-order valence-corrected chi connectivity index (χ4v) is 5.88. The number of ether oxygens (including phenoxy) is 2. The van der Waals surface area contributed by atoms with E-state index in [0.29, 0.717) is 10.9 Å². The molecule has 0 spiro atoms. The molecule has 2 aromatic carbocycles. The Bertz CT molecular complexity index is 1390. The predicted molar refractivity (Wildman–Crippen MR) is 158 cm³/mol. The number of alkyl carbamates (subject to hydrolysis) is 1. The number of carbonyl (C=O) groups excluding carboxylic acids is 2. The maximum atomic E-state index is 12.8. The van der Waals surface area contributed by atoms with Gasteiger partial charge in [-0.15, -0.1) is 11.3 Å². The lowest BCUT2D eigenvalue weighted by Gasteiger charge is -2.42. The molecule has 2 N–H and O–H groups in total. The summed E-state index contributed by atoms with van der Waals surface area (Å²) in [5.41, 5.74) is 3.98. The summed E-state index contributed by atoms with van der Waals surface area (Å²) in [6.45, 7) is 7.43. The second kappa shape index (κ2) is 13.7. The summed E-state index contributed by atoms with van der Waals surface area (Å²) in [6.07, 6.45) is -0.287. The first-order chi connectivity index (χ1) is 19.3. The highest BCUT2D eigenvalue weighted by atomic mass is 127. The summed E-state index contributed by atoms with van der Waals surface area (Å²) >= 11 is 1.74. The van der Waals surface area contributed by atoms with Crippen LogP contribution >= 0.6 is 11.3 Å². The third-order valence-corrected chi connectivity index (χ3v) is 8.21. The van der Waals surface area contributed by atoms with E-state index in [1.807, 2.05) is 48.5 Å². The number of amidine groups is 1. The van der Waals surface area contributed by atoms with Crippen LogP contribution in [0.3, 0.4) is 0 Å². The SMILES string of the molecule is CCOC(=O)[C@H](Cc1ccccc1)NC(=O)OC[N+]1(C)CCN(C2=Nc3ccccc3Nc3sc(C)cc32)CC1.[I-]. The number of piperazine rings is 1. The topological polar surface area (TPSA) is 92.3 Å². The van der Waals surface area contributed by atoms with E-state index in [0.717, 1.165) is 59.5 Å². The molecule has 1 aromatic heterocycles. The monoisotopic (exact) mass is 689 g/mol. The van der Waals surface area contributed by atoms with Gasteiger partial charge in [0.25, 0.3) is 0 Å². The van der Waals surface area contributed by atoms with Gasteiger partial charge in [-0.2, -0.15) is 0 Å². The highest BCUT2D eigenvalue weighted by Gasteiger charge is 2.34. The van der Waals surface area contributed by atoms with E-state index >= 15 is 0 Å². The number of hydrogen-bond donors (Lipinski definition) is 2. The lowest BCUT2D eigenvalue weighted by molar-refractivity contribution is -0.928. The van der Waals surface area contributed by atoms with Crippen molar-refractivity contribution in [1.82, 2.24) is 10.2 Å². The van der Waals surface area contributed by atoms with Crippen molar-refractivity contribution in [3.05, 3.63) is 76.7 Å². The quantitative estimate of drug-likeness (QED) is 0.224. The maximum absolute atomic E-state index is 12.8. The summed E-state index contributed by atoms with van der Waals surface area (Å²) in [5, 5.41) is 7.39. The number of esters is 1. The van der Waals surface area contributed by atoms with Gasteiger partial charge in [-0.1, -0.05) is 42.5 Å². The molecule has 2 aliphatic heterocycles. The van der Waals surface area contributed by atoms with Crippen LogP contribution in [0.25, 0.3) is 0 Å². The number of likely N-dealkylation sites (N-methyl/N-ethyl adjacent to an activating group) is 1. The number of carbonyl (C=O) groups is 2. The molecule has 5 rings (SSSR count). The minimum atomic E-state index is -0.815. The first-order valence-corrected chi connectivity index (χ1v) is 14.4. The Kier molecular flexibility index (Phi) is 10.3. The molecule has 0 radical (unpaired) electrons. The van der Waals surface area contributed by atoms with Gasteiger partial charge in [0.2, 0.25) is 6.73 Å². The molecule has 3 aromatic rings. The fourth-order valence-electron chi connectivity index (χ4n) is 4.96. The largest absolute Gasteiger partial charge is 1.00 e. The van der Waals surface area contributed by atoms with Gasteiger partial charge >= 0.3 is 12.1 Å². The van der Waals surface area contributed by atoms with E-state index in [1.54, 1.807) is 18.3 Å². The van der Waals surface area contributed by atoms with E-state index in [2.05, 4.69) is 41.6 Å². The fraction of sp³-hybridized carbons (Fsp3) is 0.367. The Hall–Kier alpha value is -3.16. The van der Waals surface area contributed by atoms with E-state index in [9.17, 15) is 9.59 Å². The highest BCUT2D eigenvalue weighted by Crippen LogP contribution is 2.39. The van der Waals surface area contributed by atoms with Crippen LogP contribution in [0.1, 0.15) is 22.9 Å². The van der Waals surface area contributed by atoms with Gasteiger partial charge < -0.3 is 49.0 Å². The minimum absolute atomic E-state index is 0. The lowest BCUT2D eigenvalue weighted by Crippen LogP contribution is -3.00. The number of amides is 1. The number of para-hydroxylation sites is 2. The van der Waals surface area contributed by atoms with Crippen LogP contribution in [0.4, 0.5) is 21.2 Å². The number of benzene rings is 2. The van der Waals surface area contributed by atoms with Crippen LogP contribution in [-0.4, -0.2) is 79.9 Å². The summed E-state index contributed by atoms with van der Waals surface area (Å²) < 4.78 is 11.4. The summed E-state index contributed by atoms with van der Waals surface area (Å²) in [5.74, 6) is 0.500. The van der Waals surface area contributed by atoms with Crippen molar-refractivity contribution in [2.24, 2.45) is 4.99 Å². The normalized spacial score (nSPS) is 16.0. The number of nitrogens with zero attached hydrogens (tertiary/aromatic N) is 3. The second-order valence-electron chi connectivity index (χ2n) is 10.4. The predicted octanol–water partition coefficient (Wildman–Crippen LogP) is 1.82. The number of nitrogens with one attached hydrogen (secondary N) is 2. The van der Waals surface area contributed by atoms with Crippen molar-refractivity contribution in [2.75, 3.05) is 51.9 Å². The molecule has 1 fully saturated rings. The van der Waals surface area contributed by atoms with Crippen molar-refractivity contribution in [3.8, 4) is 0 Å². The number of anilines is 2. The zero-order valence-corrected chi connectivity index (χ0v) is 26.5. The molecule has 11 heteroatoms. The van der Waals surface area contributed by atoms with Crippen LogP contribution in [0.5, 0.6) is 0 Å². The Labute approximate surface area is 262 Å². The van der Waals surface area contributed by atoms with Crippen molar-refractivity contribution >= 4 is 45.6 Å². The zero-order chi connectivity index (χ0) is 28.1. The molecule has 1 amide bonds. The lowest BCUT2D eigenvalue weighted by atomic mass is 10.1. The smallest absolute Gasteiger partial charge is 0.412 e. The van der Waals surface area contributed by atoms with Gasteiger partial charge in [0, 0.05) is 11.3 Å². The molecular formula is C30H36IN5O4S. The molecule has 218 valence electrons. The first-order valence-electron chi connectivity index (χ1n) is 13.6. The van der Waals surface area contributed by atoms with E-state index in [4.69, 9.17) is 14.5 Å². The number of hydrogen-bond acceptors (Lipinski definition) is 8. The molecule has 0 bridgehead atoms. The van der Waals surface area contributed by atoms with E-state index in [-0.39, 0.29) is 37.3 Å². The number of rotatable bonds is 7. The number of fused-ring (bicyclic) bond motifs is 2. The van der Waals surface area contributed by atoms with Crippen molar-refractivity contribution in [3.63, 3.8) is 0 Å². The molecule has 41 heavy (non-hydrogen) atoms. The summed E-state index contributed by atoms with van der Waals surface area (Å²) in [7, 11) is 2.09.